The van der Waals surface area contributed by atoms with Crippen LogP contribution in [0.2, 0.25) is 0 Å². The molecule has 4 nitrogen and oxygen atoms in total. The molecule has 0 saturated heterocycles. The maximum absolute atomic E-state index is 12.7. The predicted octanol–water partition coefficient (Wildman–Crippen LogP) is 3.73. The van der Waals surface area contributed by atoms with Crippen molar-refractivity contribution in [3.05, 3.63) is 52.0 Å². The molecule has 0 fully saturated rings. The molecule has 112 valence electrons. The summed E-state index contributed by atoms with van der Waals surface area (Å²) in [5.41, 5.74) is 2.01. The summed E-state index contributed by atoms with van der Waals surface area (Å²) in [6, 6.07) is 8.87. The molecule has 1 heterocycles. The summed E-state index contributed by atoms with van der Waals surface area (Å²) in [5.74, 6) is 4.84. The zero-order valence-electron chi connectivity index (χ0n) is 10.6. The molecule has 0 amide bonds. The molecule has 21 heavy (non-hydrogen) atoms. The van der Waals surface area contributed by atoms with Gasteiger partial charge in [-0.2, -0.15) is 18.2 Å². The van der Waals surface area contributed by atoms with Crippen molar-refractivity contribution in [2.45, 2.75) is 12.8 Å². The van der Waals surface area contributed by atoms with Gasteiger partial charge in [0, 0.05) is 10.5 Å². The average Bonchev–Trinajstić information content (AvgIpc) is 2.44. The standard InChI is InChI=1S/C13H11BrF3N3O/c14-10-3-1-2-8(4-10)7-21-12-6-9(13(15,16)17)5-11(19-12)20-18/h1-6H,7,18H2,(H,19,20). The second-order valence-electron chi connectivity index (χ2n) is 4.14. The van der Waals surface area contributed by atoms with E-state index in [0.717, 1.165) is 22.2 Å². The van der Waals surface area contributed by atoms with Crippen LogP contribution in [0.15, 0.2) is 40.9 Å². The average molecular weight is 362 g/mol. The van der Waals surface area contributed by atoms with Crippen LogP contribution in [-0.4, -0.2) is 4.98 Å². The van der Waals surface area contributed by atoms with Crippen LogP contribution in [-0.2, 0) is 12.8 Å². The van der Waals surface area contributed by atoms with Crippen molar-refractivity contribution >= 4 is 21.7 Å². The van der Waals surface area contributed by atoms with E-state index < -0.39 is 11.7 Å². The Hall–Kier alpha value is -1.80. The first kappa shape index (κ1) is 15.6. The van der Waals surface area contributed by atoms with E-state index in [1.807, 2.05) is 6.07 Å². The Bertz CT molecular complexity index is 634. The van der Waals surface area contributed by atoms with E-state index >= 15 is 0 Å². The van der Waals surface area contributed by atoms with Crippen LogP contribution in [0.25, 0.3) is 0 Å². The molecule has 0 spiro atoms. The van der Waals surface area contributed by atoms with Crippen LogP contribution in [0.3, 0.4) is 0 Å². The molecule has 0 atom stereocenters. The predicted molar refractivity (Wildman–Crippen MR) is 75.5 cm³/mol. The molecule has 1 aromatic carbocycles. The number of alkyl halides is 3. The van der Waals surface area contributed by atoms with Crippen molar-refractivity contribution < 1.29 is 17.9 Å². The molecule has 0 bridgehead atoms. The fourth-order valence-electron chi connectivity index (χ4n) is 1.60. The summed E-state index contributed by atoms with van der Waals surface area (Å²) >= 11 is 3.30. The first-order valence-corrected chi connectivity index (χ1v) is 6.61. The summed E-state index contributed by atoms with van der Waals surface area (Å²) in [4.78, 5) is 3.83. The third-order valence-corrected chi connectivity index (χ3v) is 3.05. The number of nitrogens with zero attached hydrogens (tertiary/aromatic N) is 1. The smallest absolute Gasteiger partial charge is 0.416 e. The number of nitrogens with one attached hydrogen (secondary N) is 1. The third-order valence-electron chi connectivity index (χ3n) is 2.55. The lowest BCUT2D eigenvalue weighted by atomic mass is 10.2. The highest BCUT2D eigenvalue weighted by Gasteiger charge is 2.32. The lowest BCUT2D eigenvalue weighted by Gasteiger charge is -2.12. The number of ether oxygens (including phenoxy) is 1. The Morgan fingerprint density at radius 2 is 2.00 bits per heavy atom. The van der Waals surface area contributed by atoms with Crippen molar-refractivity contribution in [2.24, 2.45) is 5.84 Å². The van der Waals surface area contributed by atoms with E-state index in [4.69, 9.17) is 10.6 Å². The third kappa shape index (κ3) is 4.33. The van der Waals surface area contributed by atoms with E-state index in [1.165, 1.54) is 0 Å². The van der Waals surface area contributed by atoms with Crippen LogP contribution in [0, 0.1) is 0 Å². The van der Waals surface area contributed by atoms with E-state index in [1.54, 1.807) is 18.2 Å². The van der Waals surface area contributed by atoms with Gasteiger partial charge in [-0.1, -0.05) is 28.1 Å². The first-order valence-electron chi connectivity index (χ1n) is 5.81. The first-order chi connectivity index (χ1) is 9.88. The number of nitrogen functional groups attached to an aromatic ring is 1. The number of hydrogen-bond acceptors (Lipinski definition) is 4. The van der Waals surface area contributed by atoms with Crippen molar-refractivity contribution in [3.8, 4) is 5.88 Å². The van der Waals surface area contributed by atoms with Gasteiger partial charge in [-0.25, -0.2) is 5.84 Å². The summed E-state index contributed by atoms with van der Waals surface area (Å²) in [6.07, 6.45) is -4.50. The normalized spacial score (nSPS) is 11.3. The van der Waals surface area contributed by atoms with Crippen LogP contribution < -0.4 is 16.0 Å². The van der Waals surface area contributed by atoms with Gasteiger partial charge in [-0.3, -0.25) is 0 Å². The number of benzene rings is 1. The lowest BCUT2D eigenvalue weighted by Crippen LogP contribution is -2.13. The molecule has 3 N–H and O–H groups in total. The van der Waals surface area contributed by atoms with Crippen molar-refractivity contribution in [3.63, 3.8) is 0 Å². The minimum Gasteiger partial charge on any atom is -0.473 e. The molecule has 1 aromatic heterocycles. The lowest BCUT2D eigenvalue weighted by molar-refractivity contribution is -0.137. The number of hydrogen-bond donors (Lipinski definition) is 2. The van der Waals surface area contributed by atoms with Crippen LogP contribution >= 0.6 is 15.9 Å². The summed E-state index contributed by atoms with van der Waals surface area (Å²) < 4.78 is 44.4. The molecular formula is C13H11BrF3N3O. The number of hydrazine groups is 1. The monoisotopic (exact) mass is 361 g/mol. The number of aromatic nitrogens is 1. The van der Waals surface area contributed by atoms with Gasteiger partial charge in [-0.05, 0) is 23.8 Å². The molecule has 0 unspecified atom stereocenters. The Morgan fingerprint density at radius 1 is 1.24 bits per heavy atom. The van der Waals surface area contributed by atoms with Gasteiger partial charge in [-0.15, -0.1) is 0 Å². The summed E-state index contributed by atoms with van der Waals surface area (Å²) in [5, 5.41) is 0. The number of pyridine rings is 1. The molecule has 0 radical (unpaired) electrons. The summed E-state index contributed by atoms with van der Waals surface area (Å²) in [6.45, 7) is 0.0950. The minimum absolute atomic E-state index is 0.0950. The zero-order valence-corrected chi connectivity index (χ0v) is 12.2. The molecule has 0 aliphatic rings. The van der Waals surface area contributed by atoms with Crippen LogP contribution in [0.5, 0.6) is 5.88 Å². The van der Waals surface area contributed by atoms with Crippen LogP contribution in [0.1, 0.15) is 11.1 Å². The maximum Gasteiger partial charge on any atom is 0.416 e. The van der Waals surface area contributed by atoms with Crippen LogP contribution in [0.4, 0.5) is 19.0 Å². The van der Waals surface area contributed by atoms with Gasteiger partial charge in [0.15, 0.2) is 0 Å². The second-order valence-corrected chi connectivity index (χ2v) is 5.06. The Kier molecular flexibility index (Phi) is 4.69. The van der Waals surface area contributed by atoms with Gasteiger partial charge >= 0.3 is 6.18 Å². The number of nitrogens with two attached hydrogens (primary N) is 1. The molecule has 0 saturated carbocycles. The Labute approximate surface area is 127 Å². The Morgan fingerprint density at radius 3 is 2.62 bits per heavy atom. The quantitative estimate of drug-likeness (QED) is 0.643. The zero-order chi connectivity index (χ0) is 15.5. The topological polar surface area (TPSA) is 60.2 Å². The van der Waals surface area contributed by atoms with E-state index in [0.29, 0.717) is 0 Å². The number of halogens is 4. The Balaban J connectivity index is 2.19. The molecule has 2 rings (SSSR count). The van der Waals surface area contributed by atoms with Gasteiger partial charge < -0.3 is 10.2 Å². The van der Waals surface area contributed by atoms with Crippen molar-refractivity contribution in [1.29, 1.82) is 0 Å². The highest BCUT2D eigenvalue weighted by molar-refractivity contribution is 9.10. The van der Waals surface area contributed by atoms with Crippen molar-refractivity contribution in [1.82, 2.24) is 4.98 Å². The molecular weight excluding hydrogens is 351 g/mol. The SMILES string of the molecule is NNc1cc(C(F)(F)F)cc(OCc2cccc(Br)c2)n1. The molecule has 8 heteroatoms. The minimum atomic E-state index is -4.50. The fraction of sp³-hybridized carbons (Fsp3) is 0.154. The van der Waals surface area contributed by atoms with E-state index in [-0.39, 0.29) is 18.3 Å². The van der Waals surface area contributed by atoms with E-state index in [9.17, 15) is 13.2 Å². The second kappa shape index (κ2) is 6.31. The highest BCUT2D eigenvalue weighted by Crippen LogP contribution is 2.32. The number of anilines is 1. The van der Waals surface area contributed by atoms with Gasteiger partial charge in [0.05, 0.1) is 5.56 Å². The maximum atomic E-state index is 12.7. The number of rotatable bonds is 4. The molecule has 0 aliphatic heterocycles. The fourth-order valence-corrected chi connectivity index (χ4v) is 2.05. The van der Waals surface area contributed by atoms with Gasteiger partial charge in [0.1, 0.15) is 12.4 Å². The summed E-state index contributed by atoms with van der Waals surface area (Å²) in [7, 11) is 0. The van der Waals surface area contributed by atoms with E-state index in [2.05, 4.69) is 26.3 Å². The van der Waals surface area contributed by atoms with Crippen molar-refractivity contribution in [2.75, 3.05) is 5.43 Å². The largest absolute Gasteiger partial charge is 0.473 e. The van der Waals surface area contributed by atoms with Gasteiger partial charge in [0.2, 0.25) is 5.88 Å². The van der Waals surface area contributed by atoms with Gasteiger partial charge in [0.25, 0.3) is 0 Å². The highest BCUT2D eigenvalue weighted by atomic mass is 79.9. The molecule has 0 aliphatic carbocycles. The molecule has 2 aromatic rings.